The van der Waals surface area contributed by atoms with Crippen molar-refractivity contribution >= 4 is 50.7 Å². The zero-order chi connectivity index (χ0) is 15.0. The molecule has 0 radical (unpaired) electrons. The van der Waals surface area contributed by atoms with E-state index >= 15 is 0 Å². The quantitative estimate of drug-likeness (QED) is 0.729. The lowest BCUT2D eigenvalue weighted by Crippen LogP contribution is -2.38. The van der Waals surface area contributed by atoms with Crippen LogP contribution in [0.3, 0.4) is 0 Å². The maximum absolute atomic E-state index is 12.1. The lowest BCUT2D eigenvalue weighted by molar-refractivity contribution is -0.121. The molecule has 0 unspecified atom stereocenters. The number of anilines is 1. The number of pyridine rings is 1. The van der Waals surface area contributed by atoms with Crippen molar-refractivity contribution in [2.24, 2.45) is 0 Å². The first-order valence-electron chi connectivity index (χ1n) is 6.07. The Balaban J connectivity index is 1.98. The van der Waals surface area contributed by atoms with Gasteiger partial charge in [-0.3, -0.25) is 4.79 Å². The topological polar surface area (TPSA) is 42.4 Å². The molecule has 0 atom stereocenters. The minimum atomic E-state index is -0.133. The number of carbonyl (C=O) groups excluding carboxylic acids is 1. The second-order valence-electron chi connectivity index (χ2n) is 4.48. The molecule has 0 N–H and O–H groups in total. The van der Waals surface area contributed by atoms with Gasteiger partial charge in [-0.25, -0.2) is 4.98 Å². The summed E-state index contributed by atoms with van der Waals surface area (Å²) in [7, 11) is 0. The summed E-state index contributed by atoms with van der Waals surface area (Å²) in [6.45, 7) is 0.321. The molecule has 2 heterocycles. The lowest BCUT2D eigenvalue weighted by Gasteiger charge is -2.29. The maximum atomic E-state index is 12.1. The summed E-state index contributed by atoms with van der Waals surface area (Å²) in [6, 6.07) is 7.08. The molecule has 1 aromatic heterocycles. The van der Waals surface area contributed by atoms with Gasteiger partial charge in [0.05, 0.1) is 17.3 Å². The standard InChI is InChI=1S/C14H9BrCl2N2O2/c15-9-1-2-12-11(3-9)19(14(20)7-21-12)6-8-5-18-13(17)4-10(8)16/h1-5H,6-7H2. The Hall–Kier alpha value is -1.30. The number of hydrogen-bond donors (Lipinski definition) is 0. The molecule has 21 heavy (non-hydrogen) atoms. The molecule has 1 aliphatic rings. The molecule has 0 fully saturated rings. The van der Waals surface area contributed by atoms with Crippen LogP contribution in [0.25, 0.3) is 0 Å². The first-order chi connectivity index (χ1) is 10.0. The van der Waals surface area contributed by atoms with Crippen LogP contribution in [0.4, 0.5) is 5.69 Å². The van der Waals surface area contributed by atoms with Crippen LogP contribution in [0.5, 0.6) is 5.75 Å². The van der Waals surface area contributed by atoms with Crippen molar-refractivity contribution in [2.75, 3.05) is 11.5 Å². The van der Waals surface area contributed by atoms with Crippen LogP contribution in [-0.2, 0) is 11.3 Å². The zero-order valence-electron chi connectivity index (χ0n) is 10.6. The number of aromatic nitrogens is 1. The fourth-order valence-corrected chi connectivity index (χ4v) is 2.85. The Morgan fingerprint density at radius 3 is 2.90 bits per heavy atom. The van der Waals surface area contributed by atoms with Crippen molar-refractivity contribution in [1.82, 2.24) is 4.98 Å². The van der Waals surface area contributed by atoms with Gasteiger partial charge in [-0.15, -0.1) is 0 Å². The van der Waals surface area contributed by atoms with E-state index in [-0.39, 0.29) is 12.5 Å². The molecule has 108 valence electrons. The largest absolute Gasteiger partial charge is 0.482 e. The summed E-state index contributed by atoms with van der Waals surface area (Å²) >= 11 is 15.3. The highest BCUT2D eigenvalue weighted by atomic mass is 79.9. The average molecular weight is 388 g/mol. The monoisotopic (exact) mass is 386 g/mol. The molecule has 7 heteroatoms. The van der Waals surface area contributed by atoms with Gasteiger partial charge in [-0.1, -0.05) is 39.1 Å². The Bertz CT molecular complexity index is 724. The van der Waals surface area contributed by atoms with E-state index in [1.165, 1.54) is 0 Å². The van der Waals surface area contributed by atoms with E-state index in [0.29, 0.717) is 28.2 Å². The zero-order valence-corrected chi connectivity index (χ0v) is 13.7. The Labute approximate surface area is 139 Å². The van der Waals surface area contributed by atoms with Crippen LogP contribution in [0.2, 0.25) is 10.2 Å². The molecular weight excluding hydrogens is 379 g/mol. The van der Waals surface area contributed by atoms with Crippen LogP contribution in [0.1, 0.15) is 5.56 Å². The van der Waals surface area contributed by atoms with Crippen molar-refractivity contribution in [3.05, 3.63) is 50.7 Å². The van der Waals surface area contributed by atoms with E-state index in [9.17, 15) is 4.79 Å². The molecule has 1 aromatic carbocycles. The smallest absolute Gasteiger partial charge is 0.265 e. The Morgan fingerprint density at radius 2 is 2.14 bits per heavy atom. The van der Waals surface area contributed by atoms with Crippen molar-refractivity contribution in [1.29, 1.82) is 0 Å². The number of amides is 1. The van der Waals surface area contributed by atoms with Gasteiger partial charge < -0.3 is 9.64 Å². The van der Waals surface area contributed by atoms with Crippen LogP contribution in [0, 0.1) is 0 Å². The number of benzene rings is 1. The lowest BCUT2D eigenvalue weighted by atomic mass is 10.2. The van der Waals surface area contributed by atoms with Gasteiger partial charge >= 0.3 is 0 Å². The van der Waals surface area contributed by atoms with E-state index in [1.54, 1.807) is 17.2 Å². The molecule has 0 bridgehead atoms. The average Bonchev–Trinajstić information content (AvgIpc) is 2.44. The molecule has 1 amide bonds. The SMILES string of the molecule is O=C1COc2ccc(Br)cc2N1Cc1cnc(Cl)cc1Cl. The second kappa shape index (κ2) is 5.83. The van der Waals surface area contributed by atoms with E-state index < -0.39 is 0 Å². The fourth-order valence-electron chi connectivity index (χ4n) is 2.07. The molecule has 0 saturated carbocycles. The molecule has 4 nitrogen and oxygen atoms in total. The van der Waals surface area contributed by atoms with E-state index in [1.807, 2.05) is 18.2 Å². The second-order valence-corrected chi connectivity index (χ2v) is 6.19. The van der Waals surface area contributed by atoms with Gasteiger partial charge in [0.15, 0.2) is 6.61 Å². The highest BCUT2D eigenvalue weighted by molar-refractivity contribution is 9.10. The van der Waals surface area contributed by atoms with Gasteiger partial charge in [0.1, 0.15) is 10.9 Å². The normalized spacial score (nSPS) is 13.9. The predicted octanol–water partition coefficient (Wildman–Crippen LogP) is 4.08. The van der Waals surface area contributed by atoms with Crippen LogP contribution < -0.4 is 9.64 Å². The first-order valence-corrected chi connectivity index (χ1v) is 7.62. The van der Waals surface area contributed by atoms with Gasteiger partial charge in [0.2, 0.25) is 0 Å². The minimum Gasteiger partial charge on any atom is -0.482 e. The van der Waals surface area contributed by atoms with E-state index in [0.717, 1.165) is 10.0 Å². The Morgan fingerprint density at radius 1 is 1.33 bits per heavy atom. The molecule has 1 aliphatic heterocycles. The summed E-state index contributed by atoms with van der Waals surface area (Å²) in [6.07, 6.45) is 1.57. The summed E-state index contributed by atoms with van der Waals surface area (Å²) in [4.78, 5) is 17.8. The number of nitrogens with zero attached hydrogens (tertiary/aromatic N) is 2. The van der Waals surface area contributed by atoms with Crippen molar-refractivity contribution in [2.45, 2.75) is 6.54 Å². The maximum Gasteiger partial charge on any atom is 0.265 e. The number of rotatable bonds is 2. The number of ether oxygens (including phenoxy) is 1. The van der Waals surface area contributed by atoms with Gasteiger partial charge in [0.25, 0.3) is 5.91 Å². The van der Waals surface area contributed by atoms with Crippen molar-refractivity contribution in [3.63, 3.8) is 0 Å². The summed E-state index contributed by atoms with van der Waals surface area (Å²) < 4.78 is 6.29. The molecular formula is C14H9BrCl2N2O2. The summed E-state index contributed by atoms with van der Waals surface area (Å²) in [5, 5.41) is 0.797. The number of hydrogen-bond acceptors (Lipinski definition) is 3. The van der Waals surface area contributed by atoms with Gasteiger partial charge in [-0.2, -0.15) is 0 Å². The molecule has 0 saturated heterocycles. The van der Waals surface area contributed by atoms with Crippen LogP contribution in [-0.4, -0.2) is 17.5 Å². The predicted molar refractivity (Wildman–Crippen MR) is 85.1 cm³/mol. The molecule has 3 rings (SSSR count). The van der Waals surface area contributed by atoms with Crippen LogP contribution in [0.15, 0.2) is 34.9 Å². The van der Waals surface area contributed by atoms with E-state index in [4.69, 9.17) is 27.9 Å². The highest BCUT2D eigenvalue weighted by Crippen LogP contribution is 2.36. The molecule has 2 aromatic rings. The highest BCUT2D eigenvalue weighted by Gasteiger charge is 2.26. The Kier molecular flexibility index (Phi) is 4.06. The van der Waals surface area contributed by atoms with Crippen molar-refractivity contribution in [3.8, 4) is 5.75 Å². The third kappa shape index (κ3) is 3.00. The fraction of sp³-hybridized carbons (Fsp3) is 0.143. The third-order valence-corrected chi connectivity index (χ3v) is 4.14. The van der Waals surface area contributed by atoms with Gasteiger partial charge in [0, 0.05) is 16.2 Å². The first kappa shape index (κ1) is 14.6. The number of fused-ring (bicyclic) bond motifs is 1. The number of halogens is 3. The number of carbonyl (C=O) groups is 1. The molecule has 0 spiro atoms. The summed E-state index contributed by atoms with van der Waals surface area (Å²) in [5.74, 6) is 0.530. The summed E-state index contributed by atoms with van der Waals surface area (Å²) in [5.41, 5.74) is 1.42. The minimum absolute atomic E-state index is 0.00721. The van der Waals surface area contributed by atoms with Gasteiger partial charge in [-0.05, 0) is 24.3 Å². The van der Waals surface area contributed by atoms with Crippen LogP contribution >= 0.6 is 39.1 Å². The molecule has 0 aliphatic carbocycles. The third-order valence-electron chi connectivity index (χ3n) is 3.09. The van der Waals surface area contributed by atoms with Crippen molar-refractivity contribution < 1.29 is 9.53 Å². The van der Waals surface area contributed by atoms with E-state index in [2.05, 4.69) is 20.9 Å².